The molecule has 0 aliphatic carbocycles. The van der Waals surface area contributed by atoms with E-state index in [1.54, 1.807) is 0 Å². The van der Waals surface area contributed by atoms with Gasteiger partial charge in [-0.1, -0.05) is 12.1 Å². The molecule has 0 aromatic heterocycles. The normalized spacial score (nSPS) is 18.6. The minimum atomic E-state index is -0.0102. The Labute approximate surface area is 108 Å². The van der Waals surface area contributed by atoms with Crippen molar-refractivity contribution in [3.05, 3.63) is 29.8 Å². The lowest BCUT2D eigenvalue weighted by Gasteiger charge is -2.11. The molecule has 1 fully saturated rings. The molecule has 4 nitrogen and oxygen atoms in total. The number of carbonyl (C=O) groups is 1. The van der Waals surface area contributed by atoms with Gasteiger partial charge in [0, 0.05) is 0 Å². The van der Waals surface area contributed by atoms with Gasteiger partial charge in [0.2, 0.25) is 5.91 Å². The molecule has 1 atom stereocenters. The van der Waals surface area contributed by atoms with Crippen LogP contribution in [0.1, 0.15) is 18.4 Å². The van der Waals surface area contributed by atoms with Crippen LogP contribution in [-0.2, 0) is 4.79 Å². The Balaban J connectivity index is 1.65. The molecule has 0 bridgehead atoms. The van der Waals surface area contributed by atoms with Gasteiger partial charge in [0.1, 0.15) is 12.4 Å². The van der Waals surface area contributed by atoms with Gasteiger partial charge < -0.3 is 15.4 Å². The third kappa shape index (κ3) is 3.74. The number of nitrogens with one attached hydrogen (secondary N) is 2. The van der Waals surface area contributed by atoms with E-state index in [2.05, 4.69) is 10.6 Å². The fourth-order valence-electron chi connectivity index (χ4n) is 2.08. The topological polar surface area (TPSA) is 50.4 Å². The highest BCUT2D eigenvalue weighted by Crippen LogP contribution is 2.11. The van der Waals surface area contributed by atoms with Gasteiger partial charge >= 0.3 is 0 Å². The highest BCUT2D eigenvalue weighted by molar-refractivity contribution is 5.81. The maximum atomic E-state index is 11.7. The van der Waals surface area contributed by atoms with E-state index >= 15 is 0 Å². The number of benzene rings is 1. The molecule has 1 unspecified atom stereocenters. The summed E-state index contributed by atoms with van der Waals surface area (Å²) in [5.41, 5.74) is 1.17. The minimum Gasteiger partial charge on any atom is -0.492 e. The summed E-state index contributed by atoms with van der Waals surface area (Å²) in [5.74, 6) is 0.934. The fourth-order valence-corrected chi connectivity index (χ4v) is 2.08. The molecule has 18 heavy (non-hydrogen) atoms. The van der Waals surface area contributed by atoms with Crippen LogP contribution >= 0.6 is 0 Å². The van der Waals surface area contributed by atoms with Gasteiger partial charge in [-0.2, -0.15) is 0 Å². The molecule has 1 aromatic rings. The first kappa shape index (κ1) is 12.9. The van der Waals surface area contributed by atoms with Gasteiger partial charge in [-0.05, 0) is 44.0 Å². The van der Waals surface area contributed by atoms with E-state index in [1.165, 1.54) is 5.56 Å². The number of ether oxygens (including phenoxy) is 1. The Hall–Kier alpha value is -1.55. The molecule has 98 valence electrons. The Morgan fingerprint density at radius 1 is 1.56 bits per heavy atom. The fraction of sp³-hybridized carbons (Fsp3) is 0.500. The van der Waals surface area contributed by atoms with Crippen molar-refractivity contribution < 1.29 is 9.53 Å². The molecule has 1 aliphatic rings. The van der Waals surface area contributed by atoms with E-state index < -0.39 is 0 Å². The van der Waals surface area contributed by atoms with E-state index in [9.17, 15) is 4.79 Å². The highest BCUT2D eigenvalue weighted by atomic mass is 16.5. The van der Waals surface area contributed by atoms with Crippen LogP contribution in [0.2, 0.25) is 0 Å². The molecule has 2 N–H and O–H groups in total. The van der Waals surface area contributed by atoms with Crippen LogP contribution < -0.4 is 15.4 Å². The number of rotatable bonds is 5. The molecule has 1 heterocycles. The molecule has 0 radical (unpaired) electrons. The monoisotopic (exact) mass is 248 g/mol. The Morgan fingerprint density at radius 3 is 3.17 bits per heavy atom. The van der Waals surface area contributed by atoms with Crippen molar-refractivity contribution in [3.63, 3.8) is 0 Å². The predicted octanol–water partition coefficient (Wildman–Crippen LogP) is 1.24. The van der Waals surface area contributed by atoms with Crippen molar-refractivity contribution in [2.24, 2.45) is 0 Å². The molecular weight excluding hydrogens is 228 g/mol. The summed E-state index contributed by atoms with van der Waals surface area (Å²) >= 11 is 0. The first-order valence-electron chi connectivity index (χ1n) is 6.46. The van der Waals surface area contributed by atoms with E-state index in [0.717, 1.165) is 25.1 Å². The number of hydrogen-bond donors (Lipinski definition) is 2. The van der Waals surface area contributed by atoms with Gasteiger partial charge in [-0.15, -0.1) is 0 Å². The summed E-state index contributed by atoms with van der Waals surface area (Å²) < 4.78 is 5.56. The first-order valence-corrected chi connectivity index (χ1v) is 6.46. The predicted molar refractivity (Wildman–Crippen MR) is 70.7 cm³/mol. The van der Waals surface area contributed by atoms with E-state index in [0.29, 0.717) is 13.2 Å². The van der Waals surface area contributed by atoms with Crippen LogP contribution in [-0.4, -0.2) is 31.6 Å². The quantitative estimate of drug-likeness (QED) is 0.771. The summed E-state index contributed by atoms with van der Waals surface area (Å²) in [6, 6.07) is 7.89. The van der Waals surface area contributed by atoms with Crippen molar-refractivity contribution >= 4 is 5.91 Å². The number of amides is 1. The molecule has 1 amide bonds. The third-order valence-electron chi connectivity index (χ3n) is 3.04. The maximum Gasteiger partial charge on any atom is 0.237 e. The second kappa shape index (κ2) is 6.40. The Morgan fingerprint density at radius 2 is 2.44 bits per heavy atom. The van der Waals surface area contributed by atoms with Gasteiger partial charge in [0.05, 0.1) is 12.6 Å². The molecule has 2 rings (SSSR count). The molecule has 1 aromatic carbocycles. The largest absolute Gasteiger partial charge is 0.492 e. The second-order valence-corrected chi connectivity index (χ2v) is 4.60. The van der Waals surface area contributed by atoms with Crippen molar-refractivity contribution in [2.75, 3.05) is 19.7 Å². The van der Waals surface area contributed by atoms with Crippen molar-refractivity contribution in [1.82, 2.24) is 10.6 Å². The second-order valence-electron chi connectivity index (χ2n) is 4.60. The van der Waals surface area contributed by atoms with E-state index in [1.807, 2.05) is 31.2 Å². The zero-order chi connectivity index (χ0) is 12.8. The molecule has 0 saturated carbocycles. The average molecular weight is 248 g/mol. The summed E-state index contributed by atoms with van der Waals surface area (Å²) in [6.45, 7) is 4.02. The summed E-state index contributed by atoms with van der Waals surface area (Å²) in [7, 11) is 0. The minimum absolute atomic E-state index is 0.0102. The van der Waals surface area contributed by atoms with Crippen molar-refractivity contribution in [2.45, 2.75) is 25.8 Å². The molecule has 1 saturated heterocycles. The van der Waals surface area contributed by atoms with Gasteiger partial charge in [0.25, 0.3) is 0 Å². The molecular formula is C14H20N2O2. The lowest BCUT2D eigenvalue weighted by molar-refractivity contribution is -0.122. The highest BCUT2D eigenvalue weighted by Gasteiger charge is 2.21. The SMILES string of the molecule is Cc1cccc(OCCNC(=O)C2CCCN2)c1. The maximum absolute atomic E-state index is 11.7. The third-order valence-corrected chi connectivity index (χ3v) is 3.04. The Kier molecular flexibility index (Phi) is 4.59. The van der Waals surface area contributed by atoms with Crippen LogP contribution in [0.15, 0.2) is 24.3 Å². The first-order chi connectivity index (χ1) is 8.75. The van der Waals surface area contributed by atoms with E-state index in [-0.39, 0.29) is 11.9 Å². The Bertz CT molecular complexity index is 401. The van der Waals surface area contributed by atoms with Crippen LogP contribution in [0.25, 0.3) is 0 Å². The van der Waals surface area contributed by atoms with Crippen LogP contribution in [0.4, 0.5) is 0 Å². The van der Waals surface area contributed by atoms with Gasteiger partial charge in [-0.3, -0.25) is 4.79 Å². The van der Waals surface area contributed by atoms with Crippen LogP contribution in [0.5, 0.6) is 5.75 Å². The van der Waals surface area contributed by atoms with Crippen molar-refractivity contribution in [3.8, 4) is 5.75 Å². The standard InChI is InChI=1S/C14H20N2O2/c1-11-4-2-5-12(10-11)18-9-8-16-14(17)13-6-3-7-15-13/h2,4-5,10,13,15H,3,6-9H2,1H3,(H,16,17). The van der Waals surface area contributed by atoms with Gasteiger partial charge in [-0.25, -0.2) is 0 Å². The summed E-state index contributed by atoms with van der Waals surface area (Å²) in [5, 5.41) is 6.05. The zero-order valence-corrected chi connectivity index (χ0v) is 10.7. The van der Waals surface area contributed by atoms with Gasteiger partial charge in [0.15, 0.2) is 0 Å². The average Bonchev–Trinajstić information content (AvgIpc) is 2.88. The van der Waals surface area contributed by atoms with E-state index in [4.69, 9.17) is 4.74 Å². The van der Waals surface area contributed by atoms with Crippen LogP contribution in [0.3, 0.4) is 0 Å². The zero-order valence-electron chi connectivity index (χ0n) is 10.7. The number of hydrogen-bond acceptors (Lipinski definition) is 3. The molecule has 4 heteroatoms. The lowest BCUT2D eigenvalue weighted by atomic mass is 10.2. The smallest absolute Gasteiger partial charge is 0.237 e. The number of aryl methyl sites for hydroxylation is 1. The lowest BCUT2D eigenvalue weighted by Crippen LogP contribution is -2.41. The number of carbonyl (C=O) groups excluding carboxylic acids is 1. The summed E-state index contributed by atoms with van der Waals surface area (Å²) in [6.07, 6.45) is 2.02. The molecule has 0 spiro atoms. The van der Waals surface area contributed by atoms with Crippen molar-refractivity contribution in [1.29, 1.82) is 0 Å². The molecule has 1 aliphatic heterocycles. The summed E-state index contributed by atoms with van der Waals surface area (Å²) in [4.78, 5) is 11.7. The van der Waals surface area contributed by atoms with Crippen LogP contribution in [0, 0.1) is 6.92 Å².